The van der Waals surface area contributed by atoms with E-state index >= 15 is 0 Å². The molecule has 2 nitrogen and oxygen atoms in total. The molecule has 1 saturated carbocycles. The molecule has 0 aromatic heterocycles. The Balaban J connectivity index is 2.55. The van der Waals surface area contributed by atoms with E-state index in [4.69, 9.17) is 5.11 Å². The Kier molecular flexibility index (Phi) is 3.28. The number of carboxylic acids is 1. The molecule has 0 unspecified atom stereocenters. The van der Waals surface area contributed by atoms with Crippen LogP contribution in [0.4, 0.5) is 4.39 Å². The van der Waals surface area contributed by atoms with Crippen LogP contribution in [0.25, 0.3) is 0 Å². The molecule has 76 valence electrons. The summed E-state index contributed by atoms with van der Waals surface area (Å²) in [5.74, 6) is -0.751. The first-order valence-corrected chi connectivity index (χ1v) is 4.94. The predicted octanol–water partition coefficient (Wildman–Crippen LogP) is 2.77. The lowest BCUT2D eigenvalue weighted by Crippen LogP contribution is -2.30. The fourth-order valence-corrected chi connectivity index (χ4v) is 2.17. The summed E-state index contributed by atoms with van der Waals surface area (Å²) in [6.07, 6.45) is 2.91. The summed E-state index contributed by atoms with van der Waals surface area (Å²) < 4.78 is 12.9. The van der Waals surface area contributed by atoms with Gasteiger partial charge in [-0.3, -0.25) is 4.79 Å². The lowest BCUT2D eigenvalue weighted by atomic mass is 9.69. The number of carbonyl (C=O) groups is 1. The van der Waals surface area contributed by atoms with Crippen molar-refractivity contribution in [1.82, 2.24) is 0 Å². The minimum atomic E-state index is -0.751. The van der Waals surface area contributed by atoms with Crippen LogP contribution in [0.1, 0.15) is 45.4 Å². The van der Waals surface area contributed by atoms with Gasteiger partial charge in [0.1, 0.15) is 6.17 Å². The van der Waals surface area contributed by atoms with Crippen molar-refractivity contribution in [2.75, 3.05) is 0 Å². The largest absolute Gasteiger partial charge is 0.481 e. The van der Waals surface area contributed by atoms with Crippen molar-refractivity contribution < 1.29 is 14.3 Å². The summed E-state index contributed by atoms with van der Waals surface area (Å²) >= 11 is 0. The Morgan fingerprint density at radius 1 is 1.54 bits per heavy atom. The molecule has 13 heavy (non-hydrogen) atoms. The second kappa shape index (κ2) is 4.07. The van der Waals surface area contributed by atoms with Crippen molar-refractivity contribution in [2.45, 2.75) is 51.6 Å². The number of halogens is 1. The van der Waals surface area contributed by atoms with Crippen molar-refractivity contribution in [2.24, 2.45) is 5.41 Å². The van der Waals surface area contributed by atoms with Gasteiger partial charge >= 0.3 is 5.97 Å². The van der Waals surface area contributed by atoms with E-state index in [0.717, 1.165) is 19.3 Å². The van der Waals surface area contributed by atoms with Crippen LogP contribution in [0.15, 0.2) is 0 Å². The summed E-state index contributed by atoms with van der Waals surface area (Å²) in [5, 5.41) is 8.73. The Bertz CT molecular complexity index is 183. The second-order valence-electron chi connectivity index (χ2n) is 4.10. The molecule has 1 aliphatic carbocycles. The minimum Gasteiger partial charge on any atom is -0.481 e. The Hall–Kier alpha value is -0.600. The quantitative estimate of drug-likeness (QED) is 0.737. The number of carboxylic acid groups (broad SMARTS) is 1. The third-order valence-electron chi connectivity index (χ3n) is 3.25. The van der Waals surface area contributed by atoms with Gasteiger partial charge in [-0.1, -0.05) is 6.92 Å². The first-order valence-electron chi connectivity index (χ1n) is 4.94. The number of hydrogen-bond acceptors (Lipinski definition) is 1. The molecular formula is C10H17FO2. The molecule has 0 spiro atoms. The van der Waals surface area contributed by atoms with Gasteiger partial charge in [0.25, 0.3) is 0 Å². The first-order chi connectivity index (χ1) is 6.08. The van der Waals surface area contributed by atoms with Gasteiger partial charge in [0.2, 0.25) is 0 Å². The maximum atomic E-state index is 12.9. The molecule has 1 fully saturated rings. The third-order valence-corrected chi connectivity index (χ3v) is 3.25. The molecule has 0 bridgehead atoms. The molecule has 0 amide bonds. The van der Waals surface area contributed by atoms with Crippen LogP contribution in [-0.4, -0.2) is 17.2 Å². The van der Waals surface area contributed by atoms with Crippen LogP contribution in [0.3, 0.4) is 0 Å². The number of aliphatic carboxylic acids is 1. The van der Waals surface area contributed by atoms with Gasteiger partial charge in [-0.25, -0.2) is 4.39 Å². The first kappa shape index (κ1) is 10.5. The van der Waals surface area contributed by atoms with Gasteiger partial charge < -0.3 is 5.11 Å². The Morgan fingerprint density at radius 2 is 2.08 bits per heavy atom. The van der Waals surface area contributed by atoms with E-state index in [1.165, 1.54) is 0 Å². The van der Waals surface area contributed by atoms with Gasteiger partial charge in [0.05, 0.1) is 6.42 Å². The van der Waals surface area contributed by atoms with Crippen molar-refractivity contribution in [3.8, 4) is 0 Å². The average molecular weight is 187 g/mol. The van der Waals surface area contributed by atoms with Crippen LogP contribution in [0.5, 0.6) is 0 Å². The lowest BCUT2D eigenvalue weighted by molar-refractivity contribution is -0.140. The van der Waals surface area contributed by atoms with Crippen molar-refractivity contribution in [1.29, 1.82) is 0 Å². The molecule has 0 aliphatic heterocycles. The van der Waals surface area contributed by atoms with Gasteiger partial charge in [-0.05, 0) is 37.5 Å². The smallest absolute Gasteiger partial charge is 0.303 e. The van der Waals surface area contributed by atoms with E-state index in [-0.39, 0.29) is 11.8 Å². The summed E-state index contributed by atoms with van der Waals surface area (Å²) in [5.41, 5.74) is -0.117. The molecule has 1 aliphatic rings. The van der Waals surface area contributed by atoms with Crippen LogP contribution in [-0.2, 0) is 4.79 Å². The van der Waals surface area contributed by atoms with Crippen molar-refractivity contribution in [3.05, 3.63) is 0 Å². The zero-order valence-electron chi connectivity index (χ0n) is 8.05. The maximum absolute atomic E-state index is 12.9. The van der Waals surface area contributed by atoms with E-state index < -0.39 is 12.1 Å². The average Bonchev–Trinajstić information content (AvgIpc) is 2.09. The van der Waals surface area contributed by atoms with Crippen molar-refractivity contribution >= 4 is 5.97 Å². The SMILES string of the molecule is CCC1(CC(=O)O)CCC([18F])CC1. The predicted molar refractivity (Wildman–Crippen MR) is 48.3 cm³/mol. The highest BCUT2D eigenvalue weighted by Gasteiger charge is 2.35. The molecule has 1 rings (SSSR count). The third kappa shape index (κ3) is 2.68. The van der Waals surface area contributed by atoms with Crippen LogP contribution < -0.4 is 0 Å². The summed E-state index contributed by atoms with van der Waals surface area (Å²) in [7, 11) is 0. The monoisotopic (exact) mass is 187 g/mol. The van der Waals surface area contributed by atoms with E-state index in [1.807, 2.05) is 6.92 Å². The van der Waals surface area contributed by atoms with Crippen LogP contribution in [0.2, 0.25) is 0 Å². The zero-order valence-corrected chi connectivity index (χ0v) is 8.05. The van der Waals surface area contributed by atoms with Crippen LogP contribution in [0, 0.1) is 5.41 Å². The van der Waals surface area contributed by atoms with Crippen molar-refractivity contribution in [3.63, 3.8) is 0 Å². The van der Waals surface area contributed by atoms with Gasteiger partial charge in [-0.15, -0.1) is 0 Å². The molecule has 0 atom stereocenters. The Morgan fingerprint density at radius 3 is 2.46 bits per heavy atom. The molecular weight excluding hydrogens is 170 g/mol. The zero-order chi connectivity index (χ0) is 9.90. The molecule has 0 heterocycles. The maximum Gasteiger partial charge on any atom is 0.303 e. The summed E-state index contributed by atoms with van der Waals surface area (Å²) in [6, 6.07) is 0. The topological polar surface area (TPSA) is 37.3 Å². The highest BCUT2D eigenvalue weighted by molar-refractivity contribution is 5.67. The molecule has 0 aromatic rings. The summed E-state index contributed by atoms with van der Waals surface area (Å²) in [4.78, 5) is 10.6. The molecule has 0 radical (unpaired) electrons. The van der Waals surface area contributed by atoms with Gasteiger partial charge in [0.15, 0.2) is 0 Å². The van der Waals surface area contributed by atoms with E-state index in [1.54, 1.807) is 0 Å². The highest BCUT2D eigenvalue weighted by atomic mass is 18.2. The fourth-order valence-electron chi connectivity index (χ4n) is 2.17. The second-order valence-corrected chi connectivity index (χ2v) is 4.10. The Labute approximate surface area is 78.1 Å². The molecule has 3 heteroatoms. The molecule has 0 saturated heterocycles. The summed E-state index contributed by atoms with van der Waals surface area (Å²) in [6.45, 7) is 2.00. The van der Waals surface area contributed by atoms with Gasteiger partial charge in [0, 0.05) is 0 Å². The van der Waals surface area contributed by atoms with Gasteiger partial charge in [-0.2, -0.15) is 0 Å². The molecule has 0 aromatic carbocycles. The normalized spacial score (nSPS) is 34.5. The lowest BCUT2D eigenvalue weighted by Gasteiger charge is -2.36. The number of hydrogen-bond donors (Lipinski definition) is 1. The van der Waals surface area contributed by atoms with Crippen LogP contribution >= 0.6 is 0 Å². The number of alkyl halides is 1. The fraction of sp³-hybridized carbons (Fsp3) is 0.900. The van der Waals surface area contributed by atoms with E-state index in [9.17, 15) is 9.18 Å². The highest BCUT2D eigenvalue weighted by Crippen LogP contribution is 2.42. The number of rotatable bonds is 3. The van der Waals surface area contributed by atoms with E-state index in [2.05, 4.69) is 0 Å². The minimum absolute atomic E-state index is 0.117. The van der Waals surface area contributed by atoms with E-state index in [0.29, 0.717) is 12.8 Å². The molecule has 1 N–H and O–H groups in total. The standard InChI is InChI=1S/C10H17FO2/c1-2-10(7-9(12)13)5-3-8(11)4-6-10/h8H,2-7H2,1H3,(H,12,13)/i11-1.